The van der Waals surface area contributed by atoms with E-state index in [-0.39, 0.29) is 11.9 Å². The lowest BCUT2D eigenvalue weighted by Crippen LogP contribution is -2.43. The fourth-order valence-electron chi connectivity index (χ4n) is 2.96. The lowest BCUT2D eigenvalue weighted by atomic mass is 9.75. The molecule has 3 nitrogen and oxygen atoms in total. The van der Waals surface area contributed by atoms with Gasteiger partial charge in [0.25, 0.3) is 0 Å². The third-order valence-corrected chi connectivity index (χ3v) is 4.26. The molecule has 1 unspecified atom stereocenters. The molecular formula is C13H24N2O. The van der Waals surface area contributed by atoms with E-state index in [0.717, 1.165) is 19.5 Å². The van der Waals surface area contributed by atoms with Gasteiger partial charge in [-0.05, 0) is 24.7 Å². The van der Waals surface area contributed by atoms with Crippen LogP contribution >= 0.6 is 0 Å². The number of nitrogens with one attached hydrogen (secondary N) is 1. The van der Waals surface area contributed by atoms with Crippen molar-refractivity contribution in [2.24, 2.45) is 5.41 Å². The normalized spacial score (nSPS) is 29.8. The first kappa shape index (κ1) is 11.9. The molecule has 0 spiro atoms. The van der Waals surface area contributed by atoms with Crippen LogP contribution < -0.4 is 5.32 Å². The molecule has 1 amide bonds. The second-order valence-electron chi connectivity index (χ2n) is 5.85. The fourth-order valence-corrected chi connectivity index (χ4v) is 2.96. The van der Waals surface area contributed by atoms with Crippen LogP contribution in [0.15, 0.2) is 0 Å². The molecule has 1 atom stereocenters. The highest BCUT2D eigenvalue weighted by atomic mass is 16.2. The van der Waals surface area contributed by atoms with Gasteiger partial charge in [-0.3, -0.25) is 4.79 Å². The zero-order valence-electron chi connectivity index (χ0n) is 10.6. The molecule has 0 radical (unpaired) electrons. The van der Waals surface area contributed by atoms with Crippen LogP contribution in [-0.4, -0.2) is 37.0 Å². The van der Waals surface area contributed by atoms with Crippen LogP contribution in [0.3, 0.4) is 0 Å². The number of nitrogens with zero attached hydrogens (tertiary/aromatic N) is 1. The van der Waals surface area contributed by atoms with Gasteiger partial charge < -0.3 is 10.2 Å². The van der Waals surface area contributed by atoms with Crippen molar-refractivity contribution in [2.45, 2.75) is 51.5 Å². The Morgan fingerprint density at radius 2 is 2.06 bits per heavy atom. The molecule has 0 aromatic heterocycles. The third-order valence-electron chi connectivity index (χ3n) is 4.26. The summed E-state index contributed by atoms with van der Waals surface area (Å²) >= 11 is 0. The highest BCUT2D eigenvalue weighted by Crippen LogP contribution is 2.35. The second kappa shape index (κ2) is 4.74. The maximum absolute atomic E-state index is 11.7. The number of carbonyl (C=O) groups excluding carboxylic acids is 1. The molecule has 1 aliphatic carbocycles. The summed E-state index contributed by atoms with van der Waals surface area (Å²) in [6, 6.07) is 0.0868. The molecule has 1 aliphatic heterocycles. The first-order valence-electron chi connectivity index (χ1n) is 6.59. The summed E-state index contributed by atoms with van der Waals surface area (Å²) in [4.78, 5) is 13.6. The van der Waals surface area contributed by atoms with E-state index in [1.54, 1.807) is 0 Å². The molecule has 0 aromatic rings. The molecule has 1 heterocycles. The van der Waals surface area contributed by atoms with Gasteiger partial charge in [-0.15, -0.1) is 0 Å². The predicted molar refractivity (Wildman–Crippen MR) is 65.2 cm³/mol. The van der Waals surface area contributed by atoms with Gasteiger partial charge in [0.2, 0.25) is 5.91 Å². The highest BCUT2D eigenvalue weighted by Gasteiger charge is 2.32. The number of amides is 1. The topological polar surface area (TPSA) is 32.3 Å². The Balaban J connectivity index is 1.80. The van der Waals surface area contributed by atoms with Crippen LogP contribution in [-0.2, 0) is 4.79 Å². The fraction of sp³-hybridized carbons (Fsp3) is 0.923. The molecule has 1 saturated heterocycles. The van der Waals surface area contributed by atoms with Gasteiger partial charge in [-0.2, -0.15) is 0 Å². The molecule has 2 rings (SSSR count). The van der Waals surface area contributed by atoms with Crippen LogP contribution in [0, 0.1) is 5.41 Å². The minimum absolute atomic E-state index is 0.0868. The molecule has 3 heteroatoms. The van der Waals surface area contributed by atoms with Crippen molar-refractivity contribution >= 4 is 5.91 Å². The molecule has 1 N–H and O–H groups in total. The number of carbonyl (C=O) groups is 1. The van der Waals surface area contributed by atoms with Crippen molar-refractivity contribution in [1.82, 2.24) is 10.2 Å². The summed E-state index contributed by atoms with van der Waals surface area (Å²) in [6.45, 7) is 4.28. The van der Waals surface area contributed by atoms with Crippen molar-refractivity contribution in [3.8, 4) is 0 Å². The average Bonchev–Trinajstić information content (AvgIpc) is 2.58. The quantitative estimate of drug-likeness (QED) is 0.792. The number of likely N-dealkylation sites (N-methyl/N-ethyl adjacent to an activating group) is 1. The summed E-state index contributed by atoms with van der Waals surface area (Å²) in [6.07, 6.45) is 7.72. The zero-order valence-corrected chi connectivity index (χ0v) is 10.6. The van der Waals surface area contributed by atoms with Crippen LogP contribution in [0.1, 0.15) is 45.4 Å². The van der Waals surface area contributed by atoms with Crippen molar-refractivity contribution in [1.29, 1.82) is 0 Å². The maximum Gasteiger partial charge on any atom is 0.239 e. The summed E-state index contributed by atoms with van der Waals surface area (Å²) in [5.41, 5.74) is 0.430. The first-order chi connectivity index (χ1) is 7.61. The van der Waals surface area contributed by atoms with E-state index in [1.165, 1.54) is 32.1 Å². The lowest BCUT2D eigenvalue weighted by molar-refractivity contribution is -0.128. The zero-order chi connectivity index (χ0) is 11.6. The molecular weight excluding hydrogens is 200 g/mol. The Kier molecular flexibility index (Phi) is 3.53. The first-order valence-corrected chi connectivity index (χ1v) is 6.59. The van der Waals surface area contributed by atoms with Gasteiger partial charge >= 0.3 is 0 Å². The monoisotopic (exact) mass is 224 g/mol. The Labute approximate surface area is 98.6 Å². The van der Waals surface area contributed by atoms with E-state index < -0.39 is 0 Å². The van der Waals surface area contributed by atoms with E-state index in [0.29, 0.717) is 5.41 Å². The number of hydrogen-bond acceptors (Lipinski definition) is 2. The van der Waals surface area contributed by atoms with Crippen LogP contribution in [0.2, 0.25) is 0 Å². The van der Waals surface area contributed by atoms with Crippen LogP contribution in [0.5, 0.6) is 0 Å². The molecule has 16 heavy (non-hydrogen) atoms. The Morgan fingerprint density at radius 3 is 2.62 bits per heavy atom. The number of rotatable bonds is 3. The minimum atomic E-state index is 0.0868. The number of hydrogen-bond donors (Lipinski definition) is 1. The van der Waals surface area contributed by atoms with E-state index in [2.05, 4.69) is 12.2 Å². The van der Waals surface area contributed by atoms with Gasteiger partial charge in [0.05, 0.1) is 6.04 Å². The van der Waals surface area contributed by atoms with Crippen molar-refractivity contribution in [3.63, 3.8) is 0 Å². The van der Waals surface area contributed by atoms with Gasteiger partial charge in [-0.1, -0.05) is 26.2 Å². The van der Waals surface area contributed by atoms with Gasteiger partial charge in [0.15, 0.2) is 0 Å². The van der Waals surface area contributed by atoms with Crippen molar-refractivity contribution < 1.29 is 4.79 Å². The van der Waals surface area contributed by atoms with Gasteiger partial charge in [-0.25, -0.2) is 0 Å². The summed E-state index contributed by atoms with van der Waals surface area (Å²) in [5, 5.41) is 3.48. The van der Waals surface area contributed by atoms with E-state index in [1.807, 2.05) is 11.9 Å². The summed E-state index contributed by atoms with van der Waals surface area (Å²) in [5.74, 6) is 0.277. The smallest absolute Gasteiger partial charge is 0.239 e. The van der Waals surface area contributed by atoms with E-state index >= 15 is 0 Å². The number of likely N-dealkylation sites (tertiary alicyclic amines) is 1. The van der Waals surface area contributed by atoms with Crippen LogP contribution in [0.25, 0.3) is 0 Å². The molecule has 2 fully saturated rings. The van der Waals surface area contributed by atoms with Crippen LogP contribution in [0.4, 0.5) is 0 Å². The van der Waals surface area contributed by atoms with Gasteiger partial charge in [0.1, 0.15) is 0 Å². The predicted octanol–water partition coefficient (Wildman–Crippen LogP) is 1.78. The third kappa shape index (κ3) is 2.57. The largest absolute Gasteiger partial charge is 0.344 e. The average molecular weight is 224 g/mol. The molecule has 92 valence electrons. The molecule has 0 aromatic carbocycles. The molecule has 1 saturated carbocycles. The lowest BCUT2D eigenvalue weighted by Gasteiger charge is -2.34. The SMILES string of the molecule is CN1CCC(NCC2(C)CCCCC2)C1=O. The van der Waals surface area contributed by atoms with E-state index in [9.17, 15) is 4.79 Å². The Hall–Kier alpha value is -0.570. The van der Waals surface area contributed by atoms with Crippen molar-refractivity contribution in [2.75, 3.05) is 20.1 Å². The van der Waals surface area contributed by atoms with Crippen molar-refractivity contribution in [3.05, 3.63) is 0 Å². The Bertz CT molecular complexity index is 259. The molecule has 0 bridgehead atoms. The maximum atomic E-state index is 11.7. The minimum Gasteiger partial charge on any atom is -0.344 e. The van der Waals surface area contributed by atoms with Gasteiger partial charge in [0, 0.05) is 20.1 Å². The van der Waals surface area contributed by atoms with E-state index in [4.69, 9.17) is 0 Å². The highest BCUT2D eigenvalue weighted by molar-refractivity contribution is 5.83. The Morgan fingerprint density at radius 1 is 1.38 bits per heavy atom. The summed E-state index contributed by atoms with van der Waals surface area (Å²) in [7, 11) is 1.90. The standard InChI is InChI=1S/C13H24N2O/c1-13(7-4-3-5-8-13)10-14-11-6-9-15(2)12(11)16/h11,14H,3-10H2,1-2H3. The summed E-state index contributed by atoms with van der Waals surface area (Å²) < 4.78 is 0. The second-order valence-corrected chi connectivity index (χ2v) is 5.85. The molecule has 2 aliphatic rings.